The molecule has 0 aliphatic carbocycles. The predicted molar refractivity (Wildman–Crippen MR) is 415 cm³/mol. The molecule has 0 atom stereocenters. The maximum atomic E-state index is 14.4. The lowest BCUT2D eigenvalue weighted by atomic mass is 10.1. The topological polar surface area (TPSA) is 331 Å². The van der Waals surface area contributed by atoms with Gasteiger partial charge in [-0.2, -0.15) is 0 Å². The minimum Gasteiger partial charge on any atom is -0.495 e. The van der Waals surface area contributed by atoms with E-state index >= 15 is 0 Å². The van der Waals surface area contributed by atoms with Crippen LogP contribution in [0.4, 0.5) is 54.0 Å². The summed E-state index contributed by atoms with van der Waals surface area (Å²) in [6, 6.07) is 29.1. The van der Waals surface area contributed by atoms with Crippen molar-refractivity contribution in [2.45, 2.75) is 11.3 Å². The Morgan fingerprint density at radius 3 is 1.27 bits per heavy atom. The van der Waals surface area contributed by atoms with Gasteiger partial charge in [-0.05, 0) is 183 Å². The number of hydrogen-bond donors (Lipinski definition) is 11. The first-order valence-electron chi connectivity index (χ1n) is 30.2. The van der Waals surface area contributed by atoms with Gasteiger partial charge in [0.2, 0.25) is 0 Å². The first-order valence-corrected chi connectivity index (χ1v) is 37.9. The number of aromatic nitrogens is 4. The Bertz CT molecular complexity index is 5030. The molecule has 4 aromatic carbocycles. The number of hydrogen-bond acceptors (Lipinski definition) is 25. The summed E-state index contributed by atoms with van der Waals surface area (Å²) in [5, 5.41) is 47.1. The summed E-state index contributed by atoms with van der Waals surface area (Å²) >= 11 is 12.4. The van der Waals surface area contributed by atoms with Gasteiger partial charge < -0.3 is 41.1 Å². The smallest absolute Gasteiger partial charge is 0.278 e. The number of thiophene rings is 4. The summed E-state index contributed by atoms with van der Waals surface area (Å²) in [5.41, 5.74) is 11.3. The number of methoxy groups -OCH3 is 1. The Balaban J connectivity index is 0.000000161. The molecule has 11 N–H and O–H groups in total. The second kappa shape index (κ2) is 39.6. The molecule has 0 bridgehead atoms. The van der Waals surface area contributed by atoms with E-state index in [1.165, 1.54) is 89.4 Å². The van der Waals surface area contributed by atoms with E-state index in [-0.39, 0.29) is 98.7 Å². The zero-order valence-electron chi connectivity index (χ0n) is 53.9. The monoisotopic (exact) mass is 1860 g/mol. The molecular weight excluding hydrogens is 1800 g/mol. The molecule has 8 heterocycles. The third-order valence-electron chi connectivity index (χ3n) is 13.8. The SMILES string of the molecule is COc1cnc2sc(Nc3ccc(I)cc3F)c(C(=O)NOCCO)c2c1.CSc1ccc(Cc2sc3ncccc3c2C(=O)NOCCO)c(F)c1.O=C(NOCCO)c1c(Nc2ccc(I)cc2F)sc2ncc(F)cc12.O=C(NOCCO)c1c(Nc2ccc(I)cc2F)sc2ncccc12. The van der Waals surface area contributed by atoms with Crippen LogP contribution >= 0.6 is 125 Å². The van der Waals surface area contributed by atoms with Crippen molar-refractivity contribution in [1.29, 1.82) is 0 Å². The number of fused-ring (bicyclic) bond motifs is 4. The van der Waals surface area contributed by atoms with Gasteiger partial charge in [-0.3, -0.25) is 38.5 Å². The van der Waals surface area contributed by atoms with Crippen LogP contribution in [0.1, 0.15) is 51.9 Å². The van der Waals surface area contributed by atoms with Crippen molar-refractivity contribution in [3.8, 4) is 5.75 Å². The molecular formula is C67H57F5I3N11O13S5. The molecule has 0 saturated heterocycles. The van der Waals surface area contributed by atoms with Crippen molar-refractivity contribution >= 4 is 221 Å². The number of anilines is 6. The lowest BCUT2D eigenvalue weighted by Crippen LogP contribution is -2.25. The van der Waals surface area contributed by atoms with E-state index in [1.807, 2.05) is 80.1 Å². The number of pyridine rings is 4. The number of benzene rings is 4. The Morgan fingerprint density at radius 2 is 0.856 bits per heavy atom. The largest absolute Gasteiger partial charge is 0.495 e. The fourth-order valence-corrected chi connectivity index (χ4v) is 15.3. The highest BCUT2D eigenvalue weighted by atomic mass is 127. The summed E-state index contributed by atoms with van der Waals surface area (Å²) in [7, 11) is 1.50. The van der Waals surface area contributed by atoms with E-state index in [0.29, 0.717) is 77.8 Å². The van der Waals surface area contributed by atoms with E-state index in [0.717, 1.165) is 33.1 Å². The maximum Gasteiger partial charge on any atom is 0.278 e. The van der Waals surface area contributed by atoms with Gasteiger partial charge in [0.1, 0.15) is 69.2 Å². The standard InChI is InChI=1S/C18H17FN2O3S2.C17H15FIN3O4S.C16H12F2IN3O3S.C16H13FIN3O3S/c1-25-12-5-4-11(14(19)10-12)9-15-16(17(23)21-24-8-7-22)13-3-2-6-20-18(13)26-15;1-25-10-7-11-14(15(24)22-26-5-4-23)17(27-16(11)20-8-10)21-13-3-2-9(19)6-12(13)18;17-8-5-10-13(14(24)22-25-4-3-23)16(26-15(10)20-7-8)21-12-2-1-9(19)6-11(12)18;17-11-8-9(18)3-4-12(11)20-16-13(14(23)21-24-7-6-22)10-2-1-5-19-15(10)25-16/h2-6,10,22H,7-9H2,1H3,(H,21,23);2-3,6-8,21,23H,4-5H2,1H3,(H,22,24);1-2,5-7,21,23H,3-4H2,(H,22,24);1-5,8,20,22H,6-7H2,(H,21,23). The Labute approximate surface area is 648 Å². The van der Waals surface area contributed by atoms with Crippen LogP contribution in [0.5, 0.6) is 5.75 Å². The minimum atomic E-state index is -0.662. The molecule has 8 aromatic heterocycles. The van der Waals surface area contributed by atoms with E-state index < -0.39 is 46.9 Å². The predicted octanol–water partition coefficient (Wildman–Crippen LogP) is 13.9. The number of aliphatic hydroxyl groups is 4. The average Bonchev–Trinajstić information content (AvgIpc) is 1.65. The summed E-state index contributed by atoms with van der Waals surface area (Å²) in [6.07, 6.45) is 8.03. The number of ether oxygens (including phenoxy) is 1. The summed E-state index contributed by atoms with van der Waals surface area (Å²) in [5.74, 6) is -3.90. The maximum absolute atomic E-state index is 14.4. The van der Waals surface area contributed by atoms with E-state index in [1.54, 1.807) is 85.2 Å². The van der Waals surface area contributed by atoms with Gasteiger partial charge in [-0.1, -0.05) is 40.1 Å². The highest BCUT2D eigenvalue weighted by Gasteiger charge is 2.26. The summed E-state index contributed by atoms with van der Waals surface area (Å²) in [4.78, 5) is 90.4. The zero-order chi connectivity index (χ0) is 74.4. The van der Waals surface area contributed by atoms with Crippen LogP contribution in [0.25, 0.3) is 40.9 Å². The van der Waals surface area contributed by atoms with Gasteiger partial charge >= 0.3 is 0 Å². The number of rotatable bonds is 26. The fourth-order valence-electron chi connectivity index (χ4n) is 9.22. The Morgan fingerprint density at radius 1 is 0.462 bits per heavy atom. The van der Waals surface area contributed by atoms with Crippen LogP contribution in [-0.4, -0.2) is 130 Å². The molecule has 0 unspecified atom stereocenters. The number of hydroxylamine groups is 4. The van der Waals surface area contributed by atoms with Crippen LogP contribution in [0.3, 0.4) is 0 Å². The number of carbonyl (C=O) groups is 4. The van der Waals surface area contributed by atoms with Crippen LogP contribution < -0.4 is 42.6 Å². The third-order valence-corrected chi connectivity index (χ3v) is 20.7. The van der Waals surface area contributed by atoms with Crippen molar-refractivity contribution < 1.29 is 85.6 Å². The summed E-state index contributed by atoms with van der Waals surface area (Å²) < 4.78 is 77.9. The first-order chi connectivity index (χ1) is 50.2. The van der Waals surface area contributed by atoms with Gasteiger partial charge in [0, 0.05) is 60.8 Å². The third kappa shape index (κ3) is 21.3. The van der Waals surface area contributed by atoms with E-state index in [2.05, 4.69) is 57.8 Å². The van der Waals surface area contributed by atoms with Crippen LogP contribution in [0.2, 0.25) is 0 Å². The molecule has 544 valence electrons. The van der Waals surface area contributed by atoms with Gasteiger partial charge in [-0.25, -0.2) is 63.8 Å². The second-order valence-electron chi connectivity index (χ2n) is 20.7. The van der Waals surface area contributed by atoms with Crippen molar-refractivity contribution in [2.75, 3.05) is 82.2 Å². The number of nitrogens with one attached hydrogen (secondary N) is 7. The number of halogens is 8. The molecule has 37 heteroatoms. The molecule has 104 heavy (non-hydrogen) atoms. The van der Waals surface area contributed by atoms with Crippen LogP contribution in [0.15, 0.2) is 139 Å². The molecule has 24 nitrogen and oxygen atoms in total. The van der Waals surface area contributed by atoms with Crippen LogP contribution in [0, 0.1) is 39.8 Å². The zero-order valence-corrected chi connectivity index (χ0v) is 64.4. The highest BCUT2D eigenvalue weighted by molar-refractivity contribution is 14.1. The van der Waals surface area contributed by atoms with Crippen molar-refractivity contribution in [2.24, 2.45) is 0 Å². The molecule has 4 amide bonds. The molecule has 0 spiro atoms. The van der Waals surface area contributed by atoms with Crippen molar-refractivity contribution in [1.82, 2.24) is 41.9 Å². The van der Waals surface area contributed by atoms with Gasteiger partial charge in [0.05, 0.1) is 112 Å². The fraction of sp³-hybridized carbons (Fsp3) is 0.164. The molecule has 0 aliphatic heterocycles. The molecule has 12 aromatic rings. The van der Waals surface area contributed by atoms with E-state index in [4.69, 9.17) is 44.5 Å². The summed E-state index contributed by atoms with van der Waals surface area (Å²) in [6.45, 7) is -1.12. The molecule has 0 aliphatic rings. The quantitative estimate of drug-likeness (QED) is 0.00789. The Kier molecular flexibility index (Phi) is 30.6. The number of thioether (sulfide) groups is 1. The molecule has 0 saturated carbocycles. The van der Waals surface area contributed by atoms with Crippen molar-refractivity contribution in [3.63, 3.8) is 0 Å². The lowest BCUT2D eigenvalue weighted by molar-refractivity contribution is 0.0167. The Hall–Kier alpha value is -7.73. The van der Waals surface area contributed by atoms with Crippen LogP contribution in [-0.2, 0) is 25.8 Å². The average molecular weight is 1860 g/mol. The van der Waals surface area contributed by atoms with Gasteiger partial charge in [-0.15, -0.1) is 23.1 Å². The van der Waals surface area contributed by atoms with E-state index in [9.17, 15) is 41.1 Å². The van der Waals surface area contributed by atoms with Crippen molar-refractivity contribution in [3.05, 3.63) is 206 Å². The molecule has 0 radical (unpaired) electrons. The van der Waals surface area contributed by atoms with Gasteiger partial charge in [0.15, 0.2) is 0 Å². The number of aliphatic hydroxyl groups excluding tert-OH is 4. The minimum absolute atomic E-state index is 0.00777. The number of nitrogens with zero attached hydrogens (tertiary/aromatic N) is 4. The number of amides is 4. The highest BCUT2D eigenvalue weighted by Crippen LogP contribution is 2.41. The lowest BCUT2D eigenvalue weighted by Gasteiger charge is -2.09. The first kappa shape index (κ1) is 80.4. The molecule has 12 rings (SSSR count). The molecule has 0 fully saturated rings. The second-order valence-corrected chi connectivity index (χ2v) is 29.4. The number of carbonyl (C=O) groups excluding carboxylic acids is 4. The van der Waals surface area contributed by atoms with Gasteiger partial charge in [0.25, 0.3) is 23.6 Å². The normalized spacial score (nSPS) is 10.9.